The van der Waals surface area contributed by atoms with E-state index >= 15 is 0 Å². The summed E-state index contributed by atoms with van der Waals surface area (Å²) in [5.41, 5.74) is 3.86. The molecule has 0 atom stereocenters. The van der Waals surface area contributed by atoms with Gasteiger partial charge in [-0.05, 0) is 13.1 Å². The monoisotopic (exact) mass is 252 g/mol. The highest BCUT2D eigenvalue weighted by Crippen LogP contribution is 2.33. The fraction of sp³-hybridized carbons (Fsp3) is 0.538. The molecule has 1 N–H and O–H groups in total. The molecule has 1 fully saturated rings. The van der Waals surface area contributed by atoms with Crippen LogP contribution in [0.25, 0.3) is 0 Å². The van der Waals surface area contributed by atoms with Crippen molar-refractivity contribution in [3.8, 4) is 11.5 Å². The Morgan fingerprint density at radius 3 is 2.72 bits per heavy atom. The van der Waals surface area contributed by atoms with Gasteiger partial charge in [0, 0.05) is 25.2 Å². The average molecular weight is 252 g/mol. The Bertz CT molecular complexity index is 392. The smallest absolute Gasteiger partial charge is 0.166 e. The summed E-state index contributed by atoms with van der Waals surface area (Å²) in [6.45, 7) is 2.50. The first-order chi connectivity index (χ1) is 8.74. The van der Waals surface area contributed by atoms with Gasteiger partial charge in [-0.1, -0.05) is 12.1 Å². The maximum absolute atomic E-state index is 6.01. The van der Waals surface area contributed by atoms with Gasteiger partial charge in [0.05, 0.1) is 14.2 Å². The van der Waals surface area contributed by atoms with Crippen LogP contribution >= 0.6 is 0 Å². The van der Waals surface area contributed by atoms with E-state index in [1.54, 1.807) is 14.2 Å². The van der Waals surface area contributed by atoms with Gasteiger partial charge < -0.3 is 14.3 Å². The predicted molar refractivity (Wildman–Crippen MR) is 68.8 cm³/mol. The van der Waals surface area contributed by atoms with Gasteiger partial charge in [-0.15, -0.1) is 0 Å². The van der Waals surface area contributed by atoms with Crippen LogP contribution in [-0.4, -0.2) is 45.4 Å². The fourth-order valence-electron chi connectivity index (χ4n) is 2.03. The molecule has 0 amide bonds. The van der Waals surface area contributed by atoms with Crippen LogP contribution in [0.2, 0.25) is 0 Å². The summed E-state index contributed by atoms with van der Waals surface area (Å²) in [6.07, 6.45) is 0.243. The molecule has 2 rings (SSSR count). The maximum Gasteiger partial charge on any atom is 0.166 e. The Hall–Kier alpha value is -1.30. The Morgan fingerprint density at radius 1 is 1.33 bits per heavy atom. The van der Waals surface area contributed by atoms with E-state index in [2.05, 4.69) is 17.4 Å². The number of rotatable bonds is 6. The largest absolute Gasteiger partial charge is 0.493 e. The molecule has 1 aliphatic heterocycles. The molecule has 0 spiro atoms. The molecule has 0 saturated carbocycles. The van der Waals surface area contributed by atoms with E-state index in [-0.39, 0.29) is 6.10 Å². The van der Waals surface area contributed by atoms with Gasteiger partial charge in [0.2, 0.25) is 0 Å². The minimum Gasteiger partial charge on any atom is -0.493 e. The number of ether oxygens (including phenoxy) is 2. The number of likely N-dealkylation sites (N-methyl/N-ethyl adjacent to an activating group) is 1. The van der Waals surface area contributed by atoms with Crippen LogP contribution in [0.5, 0.6) is 11.5 Å². The standard InChI is InChI=1S/C13H20N2O3/c1-15-8-11(9-15)18-13-10(7-14-17-3)5-4-6-12(13)16-2/h4-6,11,14H,7-9H2,1-3H3. The zero-order valence-corrected chi connectivity index (χ0v) is 11.1. The van der Waals surface area contributed by atoms with Crippen LogP contribution in [0.4, 0.5) is 0 Å². The maximum atomic E-state index is 6.01. The SMILES string of the molecule is CONCc1cccc(OC)c1OC1CN(C)C1. The molecule has 5 heteroatoms. The number of benzene rings is 1. The predicted octanol–water partition coefficient (Wildman–Crippen LogP) is 1.04. The summed E-state index contributed by atoms with van der Waals surface area (Å²) >= 11 is 0. The molecule has 0 aliphatic carbocycles. The van der Waals surface area contributed by atoms with Crippen LogP contribution in [0.1, 0.15) is 5.56 Å². The molecule has 0 unspecified atom stereocenters. The summed E-state index contributed by atoms with van der Waals surface area (Å²) in [5, 5.41) is 0. The second-order valence-electron chi connectivity index (χ2n) is 4.43. The molecule has 5 nitrogen and oxygen atoms in total. The van der Waals surface area contributed by atoms with Crippen molar-refractivity contribution in [3.05, 3.63) is 23.8 Å². The van der Waals surface area contributed by atoms with Crippen molar-refractivity contribution in [2.45, 2.75) is 12.6 Å². The molecule has 1 aromatic carbocycles. The minimum atomic E-state index is 0.243. The van der Waals surface area contributed by atoms with Crippen LogP contribution in [0.15, 0.2) is 18.2 Å². The summed E-state index contributed by atoms with van der Waals surface area (Å²) < 4.78 is 11.4. The molecular formula is C13H20N2O3. The number of hydroxylamine groups is 1. The van der Waals surface area contributed by atoms with Gasteiger partial charge in [-0.3, -0.25) is 4.90 Å². The van der Waals surface area contributed by atoms with E-state index in [1.807, 2.05) is 18.2 Å². The van der Waals surface area contributed by atoms with Crippen LogP contribution in [0, 0.1) is 0 Å². The van der Waals surface area contributed by atoms with Gasteiger partial charge in [0.1, 0.15) is 6.10 Å². The number of hydrogen-bond donors (Lipinski definition) is 1. The normalized spacial score (nSPS) is 16.4. The van der Waals surface area contributed by atoms with Gasteiger partial charge >= 0.3 is 0 Å². The third-order valence-electron chi connectivity index (χ3n) is 3.00. The number of methoxy groups -OCH3 is 1. The molecule has 1 aromatic rings. The molecule has 100 valence electrons. The first-order valence-electron chi connectivity index (χ1n) is 6.01. The van der Waals surface area contributed by atoms with E-state index in [0.29, 0.717) is 6.54 Å². The quantitative estimate of drug-likeness (QED) is 0.766. The van der Waals surface area contributed by atoms with E-state index in [9.17, 15) is 0 Å². The lowest BCUT2D eigenvalue weighted by molar-refractivity contribution is 0.0347. The van der Waals surface area contributed by atoms with Crippen molar-refractivity contribution in [3.63, 3.8) is 0 Å². The van der Waals surface area contributed by atoms with Crippen molar-refractivity contribution in [1.29, 1.82) is 0 Å². The Morgan fingerprint density at radius 2 is 2.11 bits per heavy atom. The zero-order chi connectivity index (χ0) is 13.0. The Labute approximate surface area is 108 Å². The second-order valence-corrected chi connectivity index (χ2v) is 4.43. The number of para-hydroxylation sites is 1. The topological polar surface area (TPSA) is 43.0 Å². The van der Waals surface area contributed by atoms with Gasteiger partial charge in [-0.25, -0.2) is 0 Å². The Kier molecular flexibility index (Phi) is 4.41. The Balaban J connectivity index is 2.12. The molecular weight excluding hydrogens is 232 g/mol. The lowest BCUT2D eigenvalue weighted by Gasteiger charge is -2.36. The van der Waals surface area contributed by atoms with E-state index in [4.69, 9.17) is 14.3 Å². The van der Waals surface area contributed by atoms with Crippen LogP contribution < -0.4 is 15.0 Å². The molecule has 0 radical (unpaired) electrons. The molecule has 1 saturated heterocycles. The highest BCUT2D eigenvalue weighted by Gasteiger charge is 2.26. The molecule has 1 aliphatic rings. The van der Waals surface area contributed by atoms with E-state index < -0.39 is 0 Å². The van der Waals surface area contributed by atoms with Crippen molar-refractivity contribution in [1.82, 2.24) is 10.4 Å². The number of likely N-dealkylation sites (tertiary alicyclic amines) is 1. The van der Waals surface area contributed by atoms with Gasteiger partial charge in [0.25, 0.3) is 0 Å². The molecule has 0 aromatic heterocycles. The molecule has 1 heterocycles. The minimum absolute atomic E-state index is 0.243. The highest BCUT2D eigenvalue weighted by molar-refractivity contribution is 5.46. The highest BCUT2D eigenvalue weighted by atomic mass is 16.6. The van der Waals surface area contributed by atoms with E-state index in [1.165, 1.54) is 0 Å². The zero-order valence-electron chi connectivity index (χ0n) is 11.1. The third-order valence-corrected chi connectivity index (χ3v) is 3.00. The lowest BCUT2D eigenvalue weighted by Crippen LogP contribution is -2.51. The summed E-state index contributed by atoms with van der Waals surface area (Å²) in [6, 6.07) is 5.87. The van der Waals surface area contributed by atoms with Gasteiger partial charge in [-0.2, -0.15) is 5.48 Å². The first-order valence-corrected chi connectivity index (χ1v) is 6.01. The molecule has 18 heavy (non-hydrogen) atoms. The van der Waals surface area contributed by atoms with Crippen molar-refractivity contribution < 1.29 is 14.3 Å². The summed E-state index contributed by atoms with van der Waals surface area (Å²) in [4.78, 5) is 7.10. The van der Waals surface area contributed by atoms with Crippen molar-refractivity contribution in [2.24, 2.45) is 0 Å². The number of nitrogens with one attached hydrogen (secondary N) is 1. The average Bonchev–Trinajstić information content (AvgIpc) is 2.35. The first kappa shape index (κ1) is 13.1. The van der Waals surface area contributed by atoms with Crippen molar-refractivity contribution >= 4 is 0 Å². The number of nitrogens with zero attached hydrogens (tertiary/aromatic N) is 1. The summed E-state index contributed by atoms with van der Waals surface area (Å²) in [7, 11) is 5.33. The van der Waals surface area contributed by atoms with E-state index in [0.717, 1.165) is 30.2 Å². The second kappa shape index (κ2) is 6.04. The lowest BCUT2D eigenvalue weighted by atomic mass is 10.1. The third kappa shape index (κ3) is 2.93. The number of hydrogen-bond acceptors (Lipinski definition) is 5. The van der Waals surface area contributed by atoms with Crippen LogP contribution in [-0.2, 0) is 11.4 Å². The van der Waals surface area contributed by atoms with Crippen molar-refractivity contribution in [2.75, 3.05) is 34.4 Å². The molecule has 0 bridgehead atoms. The van der Waals surface area contributed by atoms with Crippen LogP contribution in [0.3, 0.4) is 0 Å². The summed E-state index contributed by atoms with van der Waals surface area (Å²) in [5.74, 6) is 1.57. The van der Waals surface area contributed by atoms with Gasteiger partial charge in [0.15, 0.2) is 11.5 Å². The fourth-order valence-corrected chi connectivity index (χ4v) is 2.03.